The van der Waals surface area contributed by atoms with Crippen molar-refractivity contribution in [3.63, 3.8) is 0 Å². The van der Waals surface area contributed by atoms with Crippen LogP contribution in [-0.4, -0.2) is 47.4 Å². The molecule has 2 aromatic rings. The third kappa shape index (κ3) is 2.20. The molecule has 4 heteroatoms. The molecule has 1 spiro atoms. The van der Waals surface area contributed by atoms with Crippen LogP contribution in [0.2, 0.25) is 0 Å². The third-order valence-electron chi connectivity index (χ3n) is 7.06. The lowest BCUT2D eigenvalue weighted by Gasteiger charge is -2.50. The number of hydrogen-bond donors (Lipinski definition) is 1. The Kier molecular flexibility index (Phi) is 3.46. The monoisotopic (exact) mass is 337 g/mol. The summed E-state index contributed by atoms with van der Waals surface area (Å²) in [4.78, 5) is 21.1. The van der Waals surface area contributed by atoms with Gasteiger partial charge in [-0.25, -0.2) is 0 Å². The number of carbonyl (C=O) groups excluding carboxylic acids is 1. The zero-order valence-electron chi connectivity index (χ0n) is 15.1. The summed E-state index contributed by atoms with van der Waals surface area (Å²) in [5.41, 5.74) is 4.25. The lowest BCUT2D eigenvalue weighted by molar-refractivity contribution is -0.141. The van der Waals surface area contributed by atoms with Gasteiger partial charge >= 0.3 is 0 Å². The summed E-state index contributed by atoms with van der Waals surface area (Å²) in [6.45, 7) is 2.90. The molecule has 1 N–H and O–H groups in total. The predicted molar refractivity (Wildman–Crippen MR) is 99.5 cm³/mol. The van der Waals surface area contributed by atoms with Crippen LogP contribution in [0.5, 0.6) is 0 Å². The minimum absolute atomic E-state index is 0.0724. The Morgan fingerprint density at radius 2 is 1.92 bits per heavy atom. The number of H-pyrrole nitrogens is 1. The highest BCUT2D eigenvalue weighted by atomic mass is 16.2. The lowest BCUT2D eigenvalue weighted by Crippen LogP contribution is -2.56. The van der Waals surface area contributed by atoms with Crippen molar-refractivity contribution in [2.45, 2.75) is 44.1 Å². The zero-order chi connectivity index (χ0) is 17.0. The van der Waals surface area contributed by atoms with Crippen molar-refractivity contribution in [3.05, 3.63) is 35.5 Å². The van der Waals surface area contributed by atoms with Gasteiger partial charge in [0.25, 0.3) is 0 Å². The van der Waals surface area contributed by atoms with Gasteiger partial charge in [-0.1, -0.05) is 24.6 Å². The molecule has 2 fully saturated rings. The van der Waals surface area contributed by atoms with Crippen LogP contribution in [0.1, 0.15) is 43.4 Å². The highest BCUT2D eigenvalue weighted by molar-refractivity contribution is 5.85. The summed E-state index contributed by atoms with van der Waals surface area (Å²) in [5, 5.41) is 1.39. The maximum Gasteiger partial charge on any atom is 0.225 e. The van der Waals surface area contributed by atoms with Gasteiger partial charge in [-0.3, -0.25) is 9.69 Å². The average Bonchev–Trinajstić information content (AvgIpc) is 2.97. The van der Waals surface area contributed by atoms with Crippen LogP contribution in [0.15, 0.2) is 24.3 Å². The minimum atomic E-state index is 0.0724. The van der Waals surface area contributed by atoms with E-state index in [1.54, 1.807) is 0 Å². The Morgan fingerprint density at radius 3 is 2.64 bits per heavy atom. The van der Waals surface area contributed by atoms with Crippen LogP contribution in [0.4, 0.5) is 0 Å². The fourth-order valence-corrected chi connectivity index (χ4v) is 5.18. The quantitative estimate of drug-likeness (QED) is 0.867. The standard InChI is InChI=1S/C21H27N3O/c1-23-12-9-17-16-7-2-3-8-18(16)22-19(17)21(23)10-13-24(14-11-21)20(25)15-5-4-6-15/h2-3,7-8,15,22H,4-6,9-14H2,1H3. The molecule has 0 unspecified atom stereocenters. The van der Waals surface area contributed by atoms with E-state index in [1.165, 1.54) is 28.6 Å². The van der Waals surface area contributed by atoms with Crippen molar-refractivity contribution in [2.75, 3.05) is 26.7 Å². The van der Waals surface area contributed by atoms with Gasteiger partial charge in [0.15, 0.2) is 0 Å². The Balaban J connectivity index is 1.47. The Morgan fingerprint density at radius 1 is 1.16 bits per heavy atom. The molecule has 1 saturated heterocycles. The normalized spacial score (nSPS) is 23.6. The minimum Gasteiger partial charge on any atom is -0.357 e. The number of likely N-dealkylation sites (N-methyl/N-ethyl adjacent to an activating group) is 1. The predicted octanol–water partition coefficient (Wildman–Crippen LogP) is 3.27. The Hall–Kier alpha value is -1.81. The molecule has 5 rings (SSSR count). The molecule has 4 nitrogen and oxygen atoms in total. The van der Waals surface area contributed by atoms with Crippen molar-refractivity contribution in [1.82, 2.24) is 14.8 Å². The number of para-hydroxylation sites is 1. The molecule has 0 atom stereocenters. The highest BCUT2D eigenvalue weighted by Crippen LogP contribution is 2.45. The summed E-state index contributed by atoms with van der Waals surface area (Å²) >= 11 is 0. The van der Waals surface area contributed by atoms with Crippen LogP contribution in [-0.2, 0) is 16.8 Å². The number of hydrogen-bond acceptors (Lipinski definition) is 2. The van der Waals surface area contributed by atoms with Gasteiger partial charge < -0.3 is 9.88 Å². The highest BCUT2D eigenvalue weighted by Gasteiger charge is 2.46. The molecular weight excluding hydrogens is 310 g/mol. The first-order chi connectivity index (χ1) is 12.2. The SMILES string of the molecule is CN1CCc2c([nH]c3ccccc23)C12CCN(C(=O)C1CCC1)CC2. The van der Waals surface area contributed by atoms with Crippen molar-refractivity contribution in [3.8, 4) is 0 Å². The fraction of sp³-hybridized carbons (Fsp3) is 0.571. The van der Waals surface area contributed by atoms with Crippen LogP contribution in [0, 0.1) is 5.92 Å². The van der Waals surface area contributed by atoms with Crippen molar-refractivity contribution in [1.29, 1.82) is 0 Å². The fourth-order valence-electron chi connectivity index (χ4n) is 5.18. The van der Waals surface area contributed by atoms with Gasteiger partial charge in [0.2, 0.25) is 5.91 Å². The van der Waals surface area contributed by atoms with Gasteiger partial charge in [0.1, 0.15) is 0 Å². The summed E-state index contributed by atoms with van der Waals surface area (Å²) < 4.78 is 0. The molecule has 1 aliphatic carbocycles. The maximum absolute atomic E-state index is 12.6. The van der Waals surface area contributed by atoms with Crippen molar-refractivity contribution in [2.24, 2.45) is 5.92 Å². The van der Waals surface area contributed by atoms with Gasteiger partial charge in [-0.05, 0) is 50.8 Å². The third-order valence-corrected chi connectivity index (χ3v) is 7.06. The number of fused-ring (bicyclic) bond motifs is 4. The molecule has 1 amide bonds. The zero-order valence-corrected chi connectivity index (χ0v) is 15.1. The van der Waals surface area contributed by atoms with E-state index in [-0.39, 0.29) is 5.54 Å². The molecule has 0 radical (unpaired) electrons. The van der Waals surface area contributed by atoms with E-state index in [9.17, 15) is 4.79 Å². The van der Waals surface area contributed by atoms with E-state index >= 15 is 0 Å². The molecule has 3 heterocycles. The molecule has 1 aromatic heterocycles. The van der Waals surface area contributed by atoms with E-state index < -0.39 is 0 Å². The maximum atomic E-state index is 12.6. The van der Waals surface area contributed by atoms with Gasteiger partial charge in [0.05, 0.1) is 5.54 Å². The summed E-state index contributed by atoms with van der Waals surface area (Å²) in [7, 11) is 2.26. The average molecular weight is 337 g/mol. The first-order valence-electron chi connectivity index (χ1n) is 9.79. The van der Waals surface area contributed by atoms with Crippen LogP contribution < -0.4 is 0 Å². The van der Waals surface area contributed by atoms with Crippen molar-refractivity contribution >= 4 is 16.8 Å². The molecule has 0 bridgehead atoms. The van der Waals surface area contributed by atoms with E-state index in [1.807, 2.05) is 0 Å². The number of carbonyl (C=O) groups is 1. The van der Waals surface area contributed by atoms with E-state index in [2.05, 4.69) is 46.1 Å². The van der Waals surface area contributed by atoms with E-state index in [0.29, 0.717) is 11.8 Å². The number of amides is 1. The van der Waals surface area contributed by atoms with Crippen LogP contribution >= 0.6 is 0 Å². The number of aromatic nitrogens is 1. The van der Waals surface area contributed by atoms with Gasteiger partial charge in [-0.2, -0.15) is 0 Å². The first-order valence-corrected chi connectivity index (χ1v) is 9.79. The molecule has 25 heavy (non-hydrogen) atoms. The second-order valence-electron chi connectivity index (χ2n) is 8.18. The van der Waals surface area contributed by atoms with Gasteiger partial charge in [0, 0.05) is 42.1 Å². The van der Waals surface area contributed by atoms with Crippen molar-refractivity contribution < 1.29 is 4.79 Å². The summed E-state index contributed by atoms with van der Waals surface area (Å²) in [6.07, 6.45) is 6.64. The topological polar surface area (TPSA) is 39.3 Å². The van der Waals surface area contributed by atoms with E-state index in [4.69, 9.17) is 0 Å². The molecule has 1 aromatic carbocycles. The number of nitrogens with zero attached hydrogens (tertiary/aromatic N) is 2. The van der Waals surface area contributed by atoms with Crippen LogP contribution in [0.3, 0.4) is 0 Å². The second kappa shape index (κ2) is 5.60. The Bertz CT molecular complexity index is 812. The van der Waals surface area contributed by atoms with Crippen LogP contribution in [0.25, 0.3) is 10.9 Å². The smallest absolute Gasteiger partial charge is 0.225 e. The largest absolute Gasteiger partial charge is 0.357 e. The molecule has 3 aliphatic rings. The number of piperidine rings is 1. The van der Waals surface area contributed by atoms with Gasteiger partial charge in [-0.15, -0.1) is 0 Å². The molecule has 2 aliphatic heterocycles. The molecule has 1 saturated carbocycles. The molecular formula is C21H27N3O. The number of benzene rings is 1. The Labute approximate surface area is 149 Å². The number of likely N-dealkylation sites (tertiary alicyclic amines) is 1. The molecule has 132 valence electrons. The summed E-state index contributed by atoms with van der Waals surface area (Å²) in [6, 6.07) is 8.69. The first kappa shape index (κ1) is 15.4. The number of nitrogens with one attached hydrogen (secondary N) is 1. The second-order valence-corrected chi connectivity index (χ2v) is 8.18. The number of aromatic amines is 1. The lowest BCUT2D eigenvalue weighted by atomic mass is 9.77. The number of rotatable bonds is 1. The summed E-state index contributed by atoms with van der Waals surface area (Å²) in [5.74, 6) is 0.734. The van der Waals surface area contributed by atoms with E-state index in [0.717, 1.165) is 51.7 Å².